The molecule has 16 heavy (non-hydrogen) atoms. The van der Waals surface area contributed by atoms with Crippen LogP contribution in [0.1, 0.15) is 17.3 Å². The summed E-state index contributed by atoms with van der Waals surface area (Å²) >= 11 is 8.55. The maximum absolute atomic E-state index is 12.0. The zero-order valence-electron chi connectivity index (χ0n) is 7.86. The maximum Gasteiger partial charge on any atom is 0.573 e. The van der Waals surface area contributed by atoms with Gasteiger partial charge in [0.25, 0.3) is 0 Å². The number of benzene rings is 1. The second-order valence-electron chi connectivity index (χ2n) is 2.84. The molecule has 1 rings (SSSR count). The van der Waals surface area contributed by atoms with Gasteiger partial charge in [0, 0.05) is 5.56 Å². The predicted molar refractivity (Wildman–Crippen MR) is 55.8 cm³/mol. The Morgan fingerprint density at radius 2 is 2.00 bits per heavy atom. The molecular formula is C9H5BrClF3O2. The van der Waals surface area contributed by atoms with Crippen LogP contribution >= 0.6 is 27.5 Å². The van der Waals surface area contributed by atoms with E-state index in [2.05, 4.69) is 20.7 Å². The van der Waals surface area contributed by atoms with Crippen LogP contribution in [-0.2, 0) is 0 Å². The lowest BCUT2D eigenvalue weighted by atomic mass is 10.1. The van der Waals surface area contributed by atoms with Gasteiger partial charge in [0.1, 0.15) is 5.75 Å². The van der Waals surface area contributed by atoms with E-state index < -0.39 is 12.1 Å². The van der Waals surface area contributed by atoms with Crippen molar-refractivity contribution in [2.24, 2.45) is 0 Å². The maximum atomic E-state index is 12.0. The van der Waals surface area contributed by atoms with Crippen LogP contribution in [0.2, 0.25) is 5.02 Å². The SMILES string of the molecule is CC(=O)c1ccc(OC(F)(F)F)c(Br)c1Cl. The molecule has 0 fully saturated rings. The number of carbonyl (C=O) groups excluding carboxylic acids is 1. The monoisotopic (exact) mass is 316 g/mol. The number of carbonyl (C=O) groups is 1. The van der Waals surface area contributed by atoms with Crippen LogP contribution in [0.4, 0.5) is 13.2 Å². The first-order valence-electron chi connectivity index (χ1n) is 3.97. The van der Waals surface area contributed by atoms with Gasteiger partial charge in [-0.25, -0.2) is 0 Å². The molecule has 0 N–H and O–H groups in total. The summed E-state index contributed by atoms with van der Waals surface area (Å²) < 4.78 is 39.5. The highest BCUT2D eigenvalue weighted by Gasteiger charge is 2.32. The van der Waals surface area contributed by atoms with Crippen LogP contribution in [0, 0.1) is 0 Å². The normalized spacial score (nSPS) is 11.4. The van der Waals surface area contributed by atoms with Crippen molar-refractivity contribution in [3.63, 3.8) is 0 Å². The number of halogens is 5. The van der Waals surface area contributed by atoms with E-state index in [9.17, 15) is 18.0 Å². The number of ether oxygens (including phenoxy) is 1. The van der Waals surface area contributed by atoms with E-state index in [-0.39, 0.29) is 20.8 Å². The molecule has 0 aliphatic carbocycles. The van der Waals surface area contributed by atoms with Gasteiger partial charge in [0.2, 0.25) is 0 Å². The molecule has 0 amide bonds. The van der Waals surface area contributed by atoms with Crippen molar-refractivity contribution in [2.45, 2.75) is 13.3 Å². The van der Waals surface area contributed by atoms with Gasteiger partial charge in [-0.1, -0.05) is 11.6 Å². The summed E-state index contributed by atoms with van der Waals surface area (Å²) in [6.07, 6.45) is -4.80. The largest absolute Gasteiger partial charge is 0.573 e. The van der Waals surface area contributed by atoms with Gasteiger partial charge in [-0.05, 0) is 35.0 Å². The molecular weight excluding hydrogens is 312 g/mol. The zero-order chi connectivity index (χ0) is 12.5. The first kappa shape index (κ1) is 13.3. The van der Waals surface area contributed by atoms with Crippen molar-refractivity contribution in [3.8, 4) is 5.75 Å². The summed E-state index contributed by atoms with van der Waals surface area (Å²) in [5.74, 6) is -0.827. The minimum absolute atomic E-state index is 0.0980. The van der Waals surface area contributed by atoms with Crippen LogP contribution in [0.3, 0.4) is 0 Å². The second kappa shape index (κ2) is 4.63. The molecule has 0 aliphatic heterocycles. The standard InChI is InChI=1S/C9H5BrClF3O2/c1-4(15)5-2-3-6(7(10)8(5)11)16-9(12,13)14/h2-3H,1H3. The van der Waals surface area contributed by atoms with Gasteiger partial charge in [-0.3, -0.25) is 4.79 Å². The molecule has 0 aliphatic rings. The van der Waals surface area contributed by atoms with Gasteiger partial charge in [0.05, 0.1) is 9.50 Å². The Hall–Kier alpha value is -0.750. The van der Waals surface area contributed by atoms with Gasteiger partial charge in [0.15, 0.2) is 5.78 Å². The highest BCUT2D eigenvalue weighted by atomic mass is 79.9. The Bertz CT molecular complexity index is 431. The molecule has 0 bridgehead atoms. The lowest BCUT2D eigenvalue weighted by molar-refractivity contribution is -0.274. The van der Waals surface area contributed by atoms with Crippen LogP contribution in [0.5, 0.6) is 5.75 Å². The van der Waals surface area contributed by atoms with Crippen molar-refractivity contribution in [3.05, 3.63) is 27.2 Å². The van der Waals surface area contributed by atoms with E-state index in [1.807, 2.05) is 0 Å². The van der Waals surface area contributed by atoms with E-state index in [0.717, 1.165) is 6.07 Å². The molecule has 0 atom stereocenters. The molecule has 0 aromatic heterocycles. The molecule has 0 saturated heterocycles. The molecule has 0 spiro atoms. The quantitative estimate of drug-likeness (QED) is 0.764. The van der Waals surface area contributed by atoms with Crippen molar-refractivity contribution in [1.82, 2.24) is 0 Å². The van der Waals surface area contributed by atoms with E-state index in [1.54, 1.807) is 0 Å². The smallest absolute Gasteiger partial charge is 0.405 e. The summed E-state index contributed by atoms with van der Waals surface area (Å²) in [6.45, 7) is 1.26. The third-order valence-corrected chi connectivity index (χ3v) is 3.06. The molecule has 0 radical (unpaired) electrons. The fraction of sp³-hybridized carbons (Fsp3) is 0.222. The van der Waals surface area contributed by atoms with Crippen molar-refractivity contribution in [2.75, 3.05) is 0 Å². The topological polar surface area (TPSA) is 26.3 Å². The van der Waals surface area contributed by atoms with Gasteiger partial charge in [-0.15, -0.1) is 13.2 Å². The number of hydrogen-bond donors (Lipinski definition) is 0. The van der Waals surface area contributed by atoms with Gasteiger partial charge in [-0.2, -0.15) is 0 Å². The second-order valence-corrected chi connectivity index (χ2v) is 4.01. The summed E-state index contributed by atoms with van der Waals surface area (Å²) in [7, 11) is 0. The summed E-state index contributed by atoms with van der Waals surface area (Å²) in [6, 6.07) is 2.21. The molecule has 0 heterocycles. The molecule has 1 aromatic carbocycles. The van der Waals surface area contributed by atoms with E-state index in [4.69, 9.17) is 11.6 Å². The van der Waals surface area contributed by atoms with Gasteiger partial charge < -0.3 is 4.74 Å². The third-order valence-electron chi connectivity index (χ3n) is 1.65. The van der Waals surface area contributed by atoms with E-state index >= 15 is 0 Å². The summed E-state index contributed by atoms with van der Waals surface area (Å²) in [4.78, 5) is 11.0. The average molecular weight is 317 g/mol. The first-order valence-corrected chi connectivity index (χ1v) is 5.14. The predicted octanol–water partition coefficient (Wildman–Crippen LogP) is 4.20. The van der Waals surface area contributed by atoms with E-state index in [1.165, 1.54) is 13.0 Å². The summed E-state index contributed by atoms with van der Waals surface area (Å²) in [5.41, 5.74) is 0.128. The molecule has 88 valence electrons. The minimum atomic E-state index is -4.80. The van der Waals surface area contributed by atoms with E-state index in [0.29, 0.717) is 0 Å². The van der Waals surface area contributed by atoms with Crippen LogP contribution in [-0.4, -0.2) is 12.1 Å². The molecule has 7 heteroatoms. The molecule has 1 aromatic rings. The Kier molecular flexibility index (Phi) is 3.85. The van der Waals surface area contributed by atoms with Crippen LogP contribution in [0.25, 0.3) is 0 Å². The summed E-state index contributed by atoms with van der Waals surface area (Å²) in [5, 5.41) is -0.103. The molecule has 2 nitrogen and oxygen atoms in total. The number of hydrogen-bond acceptors (Lipinski definition) is 2. The number of rotatable bonds is 2. The lowest BCUT2D eigenvalue weighted by Gasteiger charge is -2.12. The fourth-order valence-electron chi connectivity index (χ4n) is 1.01. The number of ketones is 1. The Morgan fingerprint density at radius 1 is 1.44 bits per heavy atom. The molecule has 0 saturated carbocycles. The zero-order valence-corrected chi connectivity index (χ0v) is 10.2. The van der Waals surface area contributed by atoms with Crippen molar-refractivity contribution < 1.29 is 22.7 Å². The molecule has 0 unspecified atom stereocenters. The van der Waals surface area contributed by atoms with Crippen LogP contribution in [0.15, 0.2) is 16.6 Å². The van der Waals surface area contributed by atoms with Crippen molar-refractivity contribution >= 4 is 33.3 Å². The Labute approximate surface area is 102 Å². The number of alkyl halides is 3. The Morgan fingerprint density at radius 3 is 2.44 bits per heavy atom. The highest BCUT2D eigenvalue weighted by Crippen LogP contribution is 2.37. The van der Waals surface area contributed by atoms with Gasteiger partial charge >= 0.3 is 6.36 Å². The minimum Gasteiger partial charge on any atom is -0.405 e. The third kappa shape index (κ3) is 3.12. The van der Waals surface area contributed by atoms with Crippen LogP contribution < -0.4 is 4.74 Å². The first-order chi connectivity index (χ1) is 7.22. The fourth-order valence-corrected chi connectivity index (χ4v) is 1.72. The lowest BCUT2D eigenvalue weighted by Crippen LogP contribution is -2.17. The Balaban J connectivity index is 3.17. The number of Topliss-reactive ketones (excluding diaryl/α,β-unsaturated/α-hetero) is 1. The highest BCUT2D eigenvalue weighted by molar-refractivity contribution is 9.10. The average Bonchev–Trinajstić information content (AvgIpc) is 2.10. The van der Waals surface area contributed by atoms with Crippen molar-refractivity contribution in [1.29, 1.82) is 0 Å².